The molecule has 0 saturated heterocycles. The van der Waals surface area contributed by atoms with E-state index < -0.39 is 91.5 Å². The molecular weight excluding hydrogens is 1700 g/mol. The summed E-state index contributed by atoms with van der Waals surface area (Å²) in [4.78, 5) is 59.3. The fourth-order valence-corrected chi connectivity index (χ4v) is 16.8. The van der Waals surface area contributed by atoms with Crippen LogP contribution in [0.1, 0.15) is 483 Å². The Morgan fingerprint density at radius 2 is 0.398 bits per heavy atom. The van der Waals surface area contributed by atoms with Gasteiger partial charge in [-0.2, -0.15) is 0 Å². The van der Waals surface area contributed by atoms with Crippen molar-refractivity contribution in [3.8, 4) is 0 Å². The predicted molar refractivity (Wildman–Crippen MR) is 565 cm³/mol. The summed E-state index contributed by atoms with van der Waals surface area (Å²) in [6.07, 6.45) is 140. The molecule has 5 unspecified atom stereocenters. The average molecular weight is 1900 g/mol. The number of unbranched alkanes of at least 4 members (excludes halogenated alkanes) is 52. The number of carbonyl (C=O) groups is 3. The first-order valence-electron chi connectivity index (χ1n) is 54.4. The van der Waals surface area contributed by atoms with Gasteiger partial charge in [-0.05, 0) is 154 Å². The van der Waals surface area contributed by atoms with E-state index in [0.29, 0.717) is 19.3 Å². The molecule has 0 aromatic carbocycles. The van der Waals surface area contributed by atoms with Crippen molar-refractivity contribution in [2.45, 2.75) is 501 Å². The van der Waals surface area contributed by atoms with Crippen LogP contribution in [-0.4, -0.2) is 95.9 Å². The van der Waals surface area contributed by atoms with Crippen molar-refractivity contribution in [3.05, 3.63) is 170 Å². The number of aliphatic hydroxyl groups excluding tert-OH is 2. The number of esters is 3. The molecule has 0 aliphatic heterocycles. The molecular formula is C115H200O16P2. The van der Waals surface area contributed by atoms with Crippen LogP contribution in [0.3, 0.4) is 0 Å². The molecule has 0 aromatic rings. The maximum Gasteiger partial charge on any atom is 0.472 e. The van der Waals surface area contributed by atoms with Crippen LogP contribution in [0.4, 0.5) is 0 Å². The summed E-state index contributed by atoms with van der Waals surface area (Å²) >= 11 is 0. The van der Waals surface area contributed by atoms with Crippen molar-refractivity contribution in [1.29, 1.82) is 0 Å². The van der Waals surface area contributed by atoms with Gasteiger partial charge in [-0.25, -0.2) is 9.13 Å². The lowest BCUT2D eigenvalue weighted by Gasteiger charge is -2.21. The number of hydrogen-bond donors (Lipinski definition) is 4. The molecule has 0 aromatic heterocycles. The SMILES string of the molecule is CC/C=C\C/C=C\C/C=C\C/C=C\C/C=C\CCCCCCCCCCCCCCCCCCCCCC(=O)OCC(O)COP(=O)(O)OCC(O)COP(=O)(O)OCC(COC(=O)CCCCCCCCCCCCCCCCCCCCC/C=C\C/C=C\C/C=C\C/C=C\CCCCC)OC(=O)CCCCCCCCCCCCC/C=C\C/C=C\C/C=C\C/C=C\C/C=C\CC. The molecule has 0 bridgehead atoms. The first kappa shape index (κ1) is 128. The van der Waals surface area contributed by atoms with Gasteiger partial charge in [0.05, 0.1) is 26.4 Å². The zero-order valence-electron chi connectivity index (χ0n) is 85.1. The molecule has 0 radical (unpaired) electrons. The normalized spacial score (nSPS) is 14.2. The second kappa shape index (κ2) is 106. The highest BCUT2D eigenvalue weighted by atomic mass is 31.2. The smallest absolute Gasteiger partial charge is 0.463 e. The zero-order chi connectivity index (χ0) is 96.4. The standard InChI is InChI=1S/C115H200O16P2/c1-4-7-10-13-16-19-22-25-28-31-34-37-40-43-46-48-50-52-54-56-58-60-63-65-68-71-74-77-80-83-86-89-92-95-98-101-113(118)125-104-110(116)105-127-132(121,122)128-106-111(117)107-129-133(123,124)130-109-112(131-115(120)103-100-97-94-91-88-85-82-79-76-73-70-67-62-45-42-39-36-33-30-27-24-21-18-15-12-9-6-3)108-126-114(119)102-99-96-93-90-87-84-81-78-75-72-69-66-64-61-59-57-55-53-51-49-47-44-41-38-35-32-29-26-23-20-17-14-11-8-5-2/h7,9-10,12,16-21,25-30,34-39,43-47,62,110-112,116-117H,4-6,8,11,13-15,22-24,31-33,40-42,48-61,63-109H2,1-3H3,(H,121,122)(H,123,124)/b10-7-,12-9-,19-16-,20-17-,21-18-,28-25-,29-26-,30-27-,37-34-,38-35-,39-36-,46-43-,47-44-,62-45-. The third-order valence-corrected chi connectivity index (χ3v) is 25.3. The van der Waals surface area contributed by atoms with Crippen molar-refractivity contribution in [3.63, 3.8) is 0 Å². The van der Waals surface area contributed by atoms with Crippen LogP contribution in [0.25, 0.3) is 0 Å². The number of allylic oxidation sites excluding steroid dienone is 28. The van der Waals surface area contributed by atoms with E-state index in [1.165, 1.54) is 270 Å². The molecule has 4 N–H and O–H groups in total. The number of rotatable bonds is 103. The van der Waals surface area contributed by atoms with E-state index in [1.54, 1.807) is 0 Å². The van der Waals surface area contributed by atoms with Gasteiger partial charge in [0, 0.05) is 19.3 Å². The summed E-state index contributed by atoms with van der Waals surface area (Å²) in [6, 6.07) is 0. The lowest BCUT2D eigenvalue weighted by molar-refractivity contribution is -0.161. The fourth-order valence-electron chi connectivity index (χ4n) is 15.3. The average Bonchev–Trinajstić information content (AvgIpc) is 0.896. The maximum atomic E-state index is 13.1. The molecule has 18 heteroatoms. The third kappa shape index (κ3) is 107. The van der Waals surface area contributed by atoms with E-state index in [2.05, 4.69) is 191 Å². The second-order valence-electron chi connectivity index (χ2n) is 36.4. The van der Waals surface area contributed by atoms with Crippen molar-refractivity contribution in [2.75, 3.05) is 39.6 Å². The van der Waals surface area contributed by atoms with E-state index in [1.807, 2.05) is 0 Å². The minimum absolute atomic E-state index is 0.0993. The molecule has 16 nitrogen and oxygen atoms in total. The van der Waals surface area contributed by atoms with Crippen molar-refractivity contribution in [1.82, 2.24) is 0 Å². The Bertz CT molecular complexity index is 3100. The van der Waals surface area contributed by atoms with Crippen LogP contribution < -0.4 is 0 Å². The number of carbonyl (C=O) groups excluding carboxylic acids is 3. The van der Waals surface area contributed by atoms with Crippen LogP contribution in [0.2, 0.25) is 0 Å². The van der Waals surface area contributed by atoms with Crippen LogP contribution in [0.5, 0.6) is 0 Å². The monoisotopic (exact) mass is 1900 g/mol. The Balaban J connectivity index is 4.56. The number of hydrogen-bond acceptors (Lipinski definition) is 14. The van der Waals surface area contributed by atoms with Gasteiger partial charge in [-0.3, -0.25) is 32.5 Å². The molecule has 0 spiro atoms. The topological polar surface area (TPSA) is 231 Å². The van der Waals surface area contributed by atoms with Crippen molar-refractivity contribution < 1.29 is 75.8 Å². The first-order valence-corrected chi connectivity index (χ1v) is 57.4. The summed E-state index contributed by atoms with van der Waals surface area (Å²) in [6.45, 7) is 2.52. The quantitative estimate of drug-likeness (QED) is 0.0146. The third-order valence-electron chi connectivity index (χ3n) is 23.4. The van der Waals surface area contributed by atoms with E-state index >= 15 is 0 Å². The maximum absolute atomic E-state index is 13.1. The molecule has 0 amide bonds. The highest BCUT2D eigenvalue weighted by Crippen LogP contribution is 2.45. The molecule has 0 rings (SSSR count). The van der Waals surface area contributed by atoms with Gasteiger partial charge in [-0.15, -0.1) is 0 Å². The Kier molecular flexibility index (Phi) is 102. The van der Waals surface area contributed by atoms with Crippen LogP contribution in [0, 0.1) is 0 Å². The Morgan fingerprint density at radius 3 is 0.632 bits per heavy atom. The number of phosphoric ester groups is 2. The fraction of sp³-hybridized carbons (Fsp3) is 0.730. The van der Waals surface area contributed by atoms with E-state index in [9.17, 15) is 43.5 Å². The molecule has 0 aliphatic carbocycles. The summed E-state index contributed by atoms with van der Waals surface area (Å²) in [5.41, 5.74) is 0. The number of phosphoric acid groups is 2. The Hall–Kier alpha value is -5.09. The molecule has 0 saturated carbocycles. The Labute approximate surface area is 815 Å². The van der Waals surface area contributed by atoms with Gasteiger partial charge >= 0.3 is 33.6 Å². The zero-order valence-corrected chi connectivity index (χ0v) is 86.9. The van der Waals surface area contributed by atoms with Gasteiger partial charge in [0.15, 0.2) is 6.10 Å². The summed E-state index contributed by atoms with van der Waals surface area (Å²) in [7, 11) is -9.82. The minimum atomic E-state index is -4.95. The van der Waals surface area contributed by atoms with E-state index in [0.717, 1.165) is 154 Å². The first-order chi connectivity index (χ1) is 65.2. The molecule has 0 heterocycles. The molecule has 5 atom stereocenters. The lowest BCUT2D eigenvalue weighted by Crippen LogP contribution is -2.30. The van der Waals surface area contributed by atoms with E-state index in [4.69, 9.17) is 32.3 Å². The van der Waals surface area contributed by atoms with Crippen LogP contribution >= 0.6 is 15.6 Å². The van der Waals surface area contributed by atoms with Gasteiger partial charge in [0.2, 0.25) is 0 Å². The van der Waals surface area contributed by atoms with E-state index in [-0.39, 0.29) is 19.3 Å². The molecule has 766 valence electrons. The van der Waals surface area contributed by atoms with Crippen LogP contribution in [-0.2, 0) is 55.8 Å². The van der Waals surface area contributed by atoms with Gasteiger partial charge in [0.1, 0.15) is 25.4 Å². The number of ether oxygens (including phenoxy) is 3. The summed E-state index contributed by atoms with van der Waals surface area (Å²) < 4.78 is 61.8. The molecule has 0 aliphatic rings. The van der Waals surface area contributed by atoms with Crippen molar-refractivity contribution >= 4 is 33.6 Å². The van der Waals surface area contributed by atoms with Crippen LogP contribution in [0.15, 0.2) is 170 Å². The summed E-state index contributed by atoms with van der Waals surface area (Å²) in [5, 5.41) is 20.8. The molecule has 133 heavy (non-hydrogen) atoms. The highest BCUT2D eigenvalue weighted by molar-refractivity contribution is 7.47. The predicted octanol–water partition coefficient (Wildman–Crippen LogP) is 34.9. The largest absolute Gasteiger partial charge is 0.472 e. The van der Waals surface area contributed by atoms with Crippen molar-refractivity contribution in [2.24, 2.45) is 0 Å². The lowest BCUT2D eigenvalue weighted by atomic mass is 10.0. The van der Waals surface area contributed by atoms with Gasteiger partial charge in [-0.1, -0.05) is 480 Å². The number of aliphatic hydroxyl groups is 2. The summed E-state index contributed by atoms with van der Waals surface area (Å²) in [5.74, 6) is -1.55. The van der Waals surface area contributed by atoms with Gasteiger partial charge in [0.25, 0.3) is 0 Å². The Morgan fingerprint density at radius 1 is 0.218 bits per heavy atom. The minimum Gasteiger partial charge on any atom is -0.463 e. The second-order valence-corrected chi connectivity index (χ2v) is 39.3. The highest BCUT2D eigenvalue weighted by Gasteiger charge is 2.30. The van der Waals surface area contributed by atoms with Gasteiger partial charge < -0.3 is 34.2 Å². The molecule has 0 fully saturated rings.